The minimum absolute atomic E-state index is 0.0197. The molecule has 0 bridgehead atoms. The van der Waals surface area contributed by atoms with Crippen molar-refractivity contribution in [2.45, 2.75) is 57.2 Å². The SMILES string of the molecule is CC(C)(C)S(=O)(=O)NC1CCC(C(=O)Nc2cccc(-c3ccco3)c2)CC1. The Morgan fingerprint density at radius 2 is 1.79 bits per heavy atom. The smallest absolute Gasteiger partial charge is 0.227 e. The molecule has 152 valence electrons. The fourth-order valence-corrected chi connectivity index (χ4v) is 4.34. The lowest BCUT2D eigenvalue weighted by atomic mass is 9.86. The molecular formula is C21H28N2O4S. The summed E-state index contributed by atoms with van der Waals surface area (Å²) in [4.78, 5) is 12.6. The summed E-state index contributed by atoms with van der Waals surface area (Å²) in [5, 5.41) is 2.98. The minimum Gasteiger partial charge on any atom is -0.464 e. The number of benzene rings is 1. The Balaban J connectivity index is 1.55. The number of nitrogens with one attached hydrogen (secondary N) is 2. The highest BCUT2D eigenvalue weighted by Crippen LogP contribution is 2.28. The van der Waals surface area contributed by atoms with Crippen LogP contribution in [0.1, 0.15) is 46.5 Å². The average molecular weight is 405 g/mol. The molecule has 1 fully saturated rings. The molecule has 1 aliphatic rings. The van der Waals surface area contributed by atoms with Crippen molar-refractivity contribution in [3.63, 3.8) is 0 Å². The highest BCUT2D eigenvalue weighted by Gasteiger charge is 2.34. The topological polar surface area (TPSA) is 88.4 Å². The molecule has 2 aromatic rings. The van der Waals surface area contributed by atoms with Gasteiger partial charge in [-0.2, -0.15) is 0 Å². The van der Waals surface area contributed by atoms with Crippen LogP contribution in [0.4, 0.5) is 5.69 Å². The van der Waals surface area contributed by atoms with E-state index in [4.69, 9.17) is 4.42 Å². The monoisotopic (exact) mass is 404 g/mol. The van der Waals surface area contributed by atoms with E-state index in [0.717, 1.165) is 17.0 Å². The van der Waals surface area contributed by atoms with Crippen molar-refractivity contribution in [2.75, 3.05) is 5.32 Å². The van der Waals surface area contributed by atoms with Crippen LogP contribution in [-0.4, -0.2) is 25.1 Å². The molecule has 7 heteroatoms. The molecule has 0 saturated heterocycles. The van der Waals surface area contributed by atoms with Crippen LogP contribution in [0.5, 0.6) is 0 Å². The van der Waals surface area contributed by atoms with E-state index < -0.39 is 14.8 Å². The van der Waals surface area contributed by atoms with Crippen molar-refractivity contribution >= 4 is 21.6 Å². The number of carbonyl (C=O) groups excluding carboxylic acids is 1. The maximum Gasteiger partial charge on any atom is 0.227 e. The molecule has 1 aromatic heterocycles. The largest absolute Gasteiger partial charge is 0.464 e. The predicted octanol–water partition coefficient (Wildman–Crippen LogP) is 4.16. The second-order valence-electron chi connectivity index (χ2n) is 8.33. The van der Waals surface area contributed by atoms with Gasteiger partial charge in [-0.25, -0.2) is 13.1 Å². The lowest BCUT2D eigenvalue weighted by Gasteiger charge is -2.30. The van der Waals surface area contributed by atoms with Crippen LogP contribution in [0.2, 0.25) is 0 Å². The molecule has 3 rings (SSSR count). The van der Waals surface area contributed by atoms with Crippen LogP contribution in [0.3, 0.4) is 0 Å². The Morgan fingerprint density at radius 3 is 2.39 bits per heavy atom. The van der Waals surface area contributed by atoms with Crippen molar-refractivity contribution in [3.05, 3.63) is 42.7 Å². The van der Waals surface area contributed by atoms with Gasteiger partial charge in [0.15, 0.2) is 0 Å². The predicted molar refractivity (Wildman–Crippen MR) is 110 cm³/mol. The van der Waals surface area contributed by atoms with Gasteiger partial charge in [0, 0.05) is 23.2 Å². The maximum absolute atomic E-state index is 12.6. The van der Waals surface area contributed by atoms with Crippen molar-refractivity contribution in [1.29, 1.82) is 0 Å². The molecular weight excluding hydrogens is 376 g/mol. The number of hydrogen-bond acceptors (Lipinski definition) is 4. The molecule has 0 aliphatic heterocycles. The zero-order valence-corrected chi connectivity index (χ0v) is 17.4. The number of anilines is 1. The molecule has 2 N–H and O–H groups in total. The molecule has 0 atom stereocenters. The summed E-state index contributed by atoms with van der Waals surface area (Å²) in [7, 11) is -3.37. The van der Waals surface area contributed by atoms with Crippen LogP contribution >= 0.6 is 0 Å². The first-order valence-corrected chi connectivity index (χ1v) is 11.1. The van der Waals surface area contributed by atoms with Gasteiger partial charge in [-0.15, -0.1) is 0 Å². The first-order chi connectivity index (χ1) is 13.2. The molecule has 0 radical (unpaired) electrons. The standard InChI is InChI=1S/C21H28N2O4S/c1-21(2,3)28(25,26)23-17-11-9-15(10-12-17)20(24)22-18-7-4-6-16(14-18)19-8-5-13-27-19/h4-8,13-15,17,23H,9-12H2,1-3H3,(H,22,24). The summed E-state index contributed by atoms with van der Waals surface area (Å²) in [6.45, 7) is 5.06. The third-order valence-corrected chi connectivity index (χ3v) is 7.42. The molecule has 0 unspecified atom stereocenters. The molecule has 1 aromatic carbocycles. The Hall–Kier alpha value is -2.12. The minimum atomic E-state index is -3.37. The van der Waals surface area contributed by atoms with Crippen molar-refractivity contribution < 1.29 is 17.6 Å². The molecule has 28 heavy (non-hydrogen) atoms. The Morgan fingerprint density at radius 1 is 1.07 bits per heavy atom. The summed E-state index contributed by atoms with van der Waals surface area (Å²) in [5.74, 6) is 0.624. The van der Waals surface area contributed by atoms with Crippen LogP contribution in [0.25, 0.3) is 11.3 Å². The third kappa shape index (κ3) is 4.83. The molecule has 6 nitrogen and oxygen atoms in total. The first kappa shape index (κ1) is 20.6. The highest BCUT2D eigenvalue weighted by atomic mass is 32.2. The zero-order chi connectivity index (χ0) is 20.4. The quantitative estimate of drug-likeness (QED) is 0.783. The Labute approximate surface area is 166 Å². The van der Waals surface area contributed by atoms with E-state index in [9.17, 15) is 13.2 Å². The van der Waals surface area contributed by atoms with Gasteiger partial charge in [0.05, 0.1) is 11.0 Å². The van der Waals surface area contributed by atoms with Gasteiger partial charge in [0.25, 0.3) is 0 Å². The summed E-state index contributed by atoms with van der Waals surface area (Å²) < 4.78 is 32.0. The number of sulfonamides is 1. The number of rotatable bonds is 5. The van der Waals surface area contributed by atoms with Gasteiger partial charge < -0.3 is 9.73 Å². The summed E-state index contributed by atoms with van der Waals surface area (Å²) in [6, 6.07) is 11.2. The fraction of sp³-hybridized carbons (Fsp3) is 0.476. The summed E-state index contributed by atoms with van der Waals surface area (Å²) in [5.41, 5.74) is 1.64. The van der Waals surface area contributed by atoms with Crippen molar-refractivity contribution in [2.24, 2.45) is 5.92 Å². The Bertz CT molecular complexity index is 906. The van der Waals surface area contributed by atoms with Gasteiger partial charge >= 0.3 is 0 Å². The van der Waals surface area contributed by atoms with E-state index in [1.165, 1.54) is 0 Å². The van der Waals surface area contributed by atoms with Gasteiger partial charge in [0.1, 0.15) is 5.76 Å². The second kappa shape index (κ2) is 8.09. The van der Waals surface area contributed by atoms with E-state index in [-0.39, 0.29) is 17.9 Å². The number of amides is 1. The maximum atomic E-state index is 12.6. The molecule has 1 aliphatic carbocycles. The van der Waals surface area contributed by atoms with E-state index in [2.05, 4.69) is 10.0 Å². The third-order valence-electron chi connectivity index (χ3n) is 5.16. The van der Waals surface area contributed by atoms with Gasteiger partial charge in [-0.05, 0) is 70.7 Å². The Kier molecular flexibility index (Phi) is 5.95. The molecule has 1 saturated carbocycles. The lowest BCUT2D eigenvalue weighted by molar-refractivity contribution is -0.120. The van der Waals surface area contributed by atoms with Gasteiger partial charge in [-0.1, -0.05) is 12.1 Å². The molecule has 1 heterocycles. The van der Waals surface area contributed by atoms with E-state index in [1.54, 1.807) is 27.0 Å². The molecule has 1 amide bonds. The number of hydrogen-bond donors (Lipinski definition) is 2. The van der Waals surface area contributed by atoms with Crippen LogP contribution in [-0.2, 0) is 14.8 Å². The van der Waals surface area contributed by atoms with Crippen molar-refractivity contribution in [1.82, 2.24) is 4.72 Å². The first-order valence-electron chi connectivity index (χ1n) is 9.62. The number of carbonyl (C=O) groups is 1. The van der Waals surface area contributed by atoms with E-state index in [0.29, 0.717) is 25.7 Å². The lowest BCUT2D eigenvalue weighted by Crippen LogP contribution is -2.46. The van der Waals surface area contributed by atoms with E-state index >= 15 is 0 Å². The van der Waals surface area contributed by atoms with Crippen LogP contribution in [0.15, 0.2) is 47.1 Å². The van der Waals surface area contributed by atoms with Crippen molar-refractivity contribution in [3.8, 4) is 11.3 Å². The van der Waals surface area contributed by atoms with Gasteiger partial charge in [0.2, 0.25) is 15.9 Å². The second-order valence-corrected chi connectivity index (χ2v) is 10.8. The molecule has 0 spiro atoms. The zero-order valence-electron chi connectivity index (χ0n) is 16.6. The van der Waals surface area contributed by atoms with Crippen LogP contribution in [0, 0.1) is 5.92 Å². The van der Waals surface area contributed by atoms with Crippen LogP contribution < -0.4 is 10.0 Å². The average Bonchev–Trinajstić information content (AvgIpc) is 3.16. The number of furan rings is 1. The highest BCUT2D eigenvalue weighted by molar-refractivity contribution is 7.90. The normalized spacial score (nSPS) is 20.7. The van der Waals surface area contributed by atoms with E-state index in [1.807, 2.05) is 36.4 Å². The summed E-state index contributed by atoms with van der Waals surface area (Å²) in [6.07, 6.45) is 4.29. The summed E-state index contributed by atoms with van der Waals surface area (Å²) >= 11 is 0. The fourth-order valence-electron chi connectivity index (χ4n) is 3.31. The van der Waals surface area contributed by atoms with Gasteiger partial charge in [-0.3, -0.25) is 4.79 Å².